The molecule has 0 saturated carbocycles. The molecular formula is C55H96O6. The van der Waals surface area contributed by atoms with Crippen LogP contribution in [0.25, 0.3) is 0 Å². The zero-order valence-electron chi connectivity index (χ0n) is 40.2. The van der Waals surface area contributed by atoms with E-state index in [-0.39, 0.29) is 31.1 Å². The van der Waals surface area contributed by atoms with Gasteiger partial charge in [-0.3, -0.25) is 14.4 Å². The van der Waals surface area contributed by atoms with E-state index in [2.05, 4.69) is 81.5 Å². The molecule has 6 heteroatoms. The van der Waals surface area contributed by atoms with Gasteiger partial charge in [0.25, 0.3) is 0 Å². The molecule has 0 aromatic heterocycles. The number of rotatable bonds is 46. The van der Waals surface area contributed by atoms with Gasteiger partial charge in [-0.2, -0.15) is 0 Å². The van der Waals surface area contributed by atoms with E-state index in [1.165, 1.54) is 116 Å². The van der Waals surface area contributed by atoms with Crippen LogP contribution in [0.15, 0.2) is 60.8 Å². The number of carbonyl (C=O) groups is 3. The maximum atomic E-state index is 12.8. The molecule has 1 atom stereocenters. The third kappa shape index (κ3) is 48.0. The van der Waals surface area contributed by atoms with E-state index in [9.17, 15) is 14.4 Å². The van der Waals surface area contributed by atoms with Crippen molar-refractivity contribution in [2.24, 2.45) is 0 Å². The SMILES string of the molecule is CCCCC/C=C\C/C=C\C/C=C\CCCCC(=O)OC[C@@H](COC(=O)CCCCCCCCCCCCCCC)OC(=O)CCCCCCC/C=C\C/C=C\CCCCC. The smallest absolute Gasteiger partial charge is 0.306 e. The van der Waals surface area contributed by atoms with Crippen molar-refractivity contribution >= 4 is 17.9 Å². The van der Waals surface area contributed by atoms with Crippen molar-refractivity contribution in [1.82, 2.24) is 0 Å². The van der Waals surface area contributed by atoms with Crippen molar-refractivity contribution in [2.75, 3.05) is 13.2 Å². The Bertz CT molecular complexity index is 1120. The first-order valence-corrected chi connectivity index (χ1v) is 25.8. The predicted molar refractivity (Wildman–Crippen MR) is 261 cm³/mol. The van der Waals surface area contributed by atoms with Crippen molar-refractivity contribution in [3.05, 3.63) is 60.8 Å². The normalized spacial score (nSPS) is 12.5. The molecule has 0 fully saturated rings. The second-order valence-electron chi connectivity index (χ2n) is 17.1. The molecule has 0 aliphatic carbocycles. The quantitative estimate of drug-likeness (QED) is 0.0263. The summed E-state index contributed by atoms with van der Waals surface area (Å²) in [5.74, 6) is -0.940. The fourth-order valence-electron chi connectivity index (χ4n) is 7.07. The fourth-order valence-corrected chi connectivity index (χ4v) is 7.07. The lowest BCUT2D eigenvalue weighted by Crippen LogP contribution is -2.30. The summed E-state index contributed by atoms with van der Waals surface area (Å²) in [6.07, 6.45) is 60.5. The fraction of sp³-hybridized carbons (Fsp3) is 0.764. The van der Waals surface area contributed by atoms with E-state index < -0.39 is 6.10 Å². The largest absolute Gasteiger partial charge is 0.462 e. The van der Waals surface area contributed by atoms with Gasteiger partial charge >= 0.3 is 17.9 Å². The Morgan fingerprint density at radius 2 is 0.590 bits per heavy atom. The van der Waals surface area contributed by atoms with Crippen molar-refractivity contribution in [3.8, 4) is 0 Å². The Hall–Kier alpha value is -2.89. The Kier molecular flexibility index (Phi) is 47.4. The summed E-state index contributed by atoms with van der Waals surface area (Å²) in [7, 11) is 0. The number of esters is 3. The summed E-state index contributed by atoms with van der Waals surface area (Å²) >= 11 is 0. The first kappa shape index (κ1) is 58.1. The summed E-state index contributed by atoms with van der Waals surface area (Å²) in [6, 6.07) is 0. The average molecular weight is 853 g/mol. The minimum absolute atomic E-state index is 0.0903. The van der Waals surface area contributed by atoms with Crippen LogP contribution in [0, 0.1) is 0 Å². The van der Waals surface area contributed by atoms with Crippen molar-refractivity contribution in [1.29, 1.82) is 0 Å². The van der Waals surface area contributed by atoms with E-state index in [0.717, 1.165) is 96.3 Å². The lowest BCUT2D eigenvalue weighted by Gasteiger charge is -2.18. The molecule has 0 aliphatic heterocycles. The zero-order chi connectivity index (χ0) is 44.4. The van der Waals surface area contributed by atoms with Gasteiger partial charge in [0.15, 0.2) is 6.10 Å². The highest BCUT2D eigenvalue weighted by molar-refractivity contribution is 5.71. The molecule has 0 spiro atoms. The van der Waals surface area contributed by atoms with E-state index in [0.29, 0.717) is 19.3 Å². The van der Waals surface area contributed by atoms with E-state index in [1.807, 2.05) is 0 Å². The van der Waals surface area contributed by atoms with Crippen LogP contribution in [0.2, 0.25) is 0 Å². The first-order chi connectivity index (χ1) is 30.0. The van der Waals surface area contributed by atoms with Gasteiger partial charge in [0.1, 0.15) is 13.2 Å². The van der Waals surface area contributed by atoms with Gasteiger partial charge < -0.3 is 14.2 Å². The van der Waals surface area contributed by atoms with Crippen LogP contribution in [0.5, 0.6) is 0 Å². The third-order valence-corrected chi connectivity index (χ3v) is 11.0. The third-order valence-electron chi connectivity index (χ3n) is 11.0. The highest BCUT2D eigenvalue weighted by Gasteiger charge is 2.19. The molecular weight excluding hydrogens is 757 g/mol. The molecule has 0 amide bonds. The summed E-state index contributed by atoms with van der Waals surface area (Å²) in [4.78, 5) is 37.9. The Morgan fingerprint density at radius 1 is 0.328 bits per heavy atom. The van der Waals surface area contributed by atoms with Gasteiger partial charge in [0.05, 0.1) is 0 Å². The molecule has 0 aromatic carbocycles. The van der Waals surface area contributed by atoms with Crippen LogP contribution >= 0.6 is 0 Å². The van der Waals surface area contributed by atoms with Crippen LogP contribution in [-0.4, -0.2) is 37.2 Å². The van der Waals surface area contributed by atoms with Crippen LogP contribution in [0.1, 0.15) is 252 Å². The number of hydrogen-bond acceptors (Lipinski definition) is 6. The molecule has 0 radical (unpaired) electrons. The van der Waals surface area contributed by atoms with Crippen LogP contribution < -0.4 is 0 Å². The lowest BCUT2D eigenvalue weighted by atomic mass is 10.0. The van der Waals surface area contributed by atoms with E-state index >= 15 is 0 Å². The van der Waals surface area contributed by atoms with Gasteiger partial charge in [-0.1, -0.05) is 204 Å². The van der Waals surface area contributed by atoms with Crippen LogP contribution in [0.3, 0.4) is 0 Å². The topological polar surface area (TPSA) is 78.9 Å². The molecule has 6 nitrogen and oxygen atoms in total. The van der Waals surface area contributed by atoms with Crippen molar-refractivity contribution < 1.29 is 28.6 Å². The maximum absolute atomic E-state index is 12.8. The van der Waals surface area contributed by atoms with Gasteiger partial charge in [-0.15, -0.1) is 0 Å². The van der Waals surface area contributed by atoms with E-state index in [1.54, 1.807) is 0 Å². The summed E-state index contributed by atoms with van der Waals surface area (Å²) in [5.41, 5.74) is 0. The molecule has 0 N–H and O–H groups in total. The molecule has 0 unspecified atom stereocenters. The molecule has 0 rings (SSSR count). The summed E-state index contributed by atoms with van der Waals surface area (Å²) < 4.78 is 16.8. The molecule has 0 saturated heterocycles. The Balaban J connectivity index is 4.46. The Morgan fingerprint density at radius 3 is 0.984 bits per heavy atom. The van der Waals surface area contributed by atoms with Crippen molar-refractivity contribution in [3.63, 3.8) is 0 Å². The minimum Gasteiger partial charge on any atom is -0.462 e. The Labute approximate surface area is 377 Å². The number of hydrogen-bond donors (Lipinski definition) is 0. The molecule has 0 heterocycles. The summed E-state index contributed by atoms with van der Waals surface area (Å²) in [5, 5.41) is 0. The molecule has 61 heavy (non-hydrogen) atoms. The van der Waals surface area contributed by atoms with Gasteiger partial charge in [0, 0.05) is 19.3 Å². The van der Waals surface area contributed by atoms with Crippen LogP contribution in [0.4, 0.5) is 0 Å². The number of unbranched alkanes of at least 4 members (excludes halogenated alkanes) is 25. The highest BCUT2D eigenvalue weighted by atomic mass is 16.6. The second-order valence-corrected chi connectivity index (χ2v) is 17.1. The van der Waals surface area contributed by atoms with Gasteiger partial charge in [-0.05, 0) is 89.9 Å². The number of carbonyl (C=O) groups excluding carboxylic acids is 3. The first-order valence-electron chi connectivity index (χ1n) is 25.8. The maximum Gasteiger partial charge on any atom is 0.306 e. The second kappa shape index (κ2) is 49.8. The molecule has 352 valence electrons. The minimum atomic E-state index is -0.794. The summed E-state index contributed by atoms with van der Waals surface area (Å²) in [6.45, 7) is 6.54. The lowest BCUT2D eigenvalue weighted by molar-refractivity contribution is -0.167. The van der Waals surface area contributed by atoms with Crippen molar-refractivity contribution in [2.45, 2.75) is 258 Å². The van der Waals surface area contributed by atoms with Crippen LogP contribution in [-0.2, 0) is 28.6 Å². The number of ether oxygens (including phenoxy) is 3. The standard InChI is InChI=1S/C55H96O6/c1-4-7-10-13-16-19-22-25-27-30-33-36-39-42-45-48-54(57)60-51-52(50-59-53(56)47-44-41-38-35-32-29-24-21-18-15-12-9-6-3)61-55(58)49-46-43-40-37-34-31-28-26-23-20-17-14-11-8-5-2/h16-17,19-20,25-28,33,36,52H,4-15,18,21-24,29-32,34-35,37-51H2,1-3H3/b19-16-,20-17-,27-25-,28-26-,36-33-/t52-/m1/s1. The molecule has 0 bridgehead atoms. The monoisotopic (exact) mass is 853 g/mol. The van der Waals surface area contributed by atoms with E-state index in [4.69, 9.17) is 14.2 Å². The molecule has 0 aliphatic rings. The molecule has 0 aromatic rings. The highest BCUT2D eigenvalue weighted by Crippen LogP contribution is 2.14. The number of allylic oxidation sites excluding steroid dienone is 10. The average Bonchev–Trinajstić information content (AvgIpc) is 3.26. The van der Waals surface area contributed by atoms with Gasteiger partial charge in [-0.25, -0.2) is 0 Å². The van der Waals surface area contributed by atoms with Gasteiger partial charge in [0.2, 0.25) is 0 Å². The predicted octanol–water partition coefficient (Wildman–Crippen LogP) is 16.9. The zero-order valence-corrected chi connectivity index (χ0v) is 40.2.